The van der Waals surface area contributed by atoms with Gasteiger partial charge in [-0.05, 0) is 73.7 Å². The van der Waals surface area contributed by atoms with Gasteiger partial charge < -0.3 is 9.47 Å². The second kappa shape index (κ2) is 9.18. The Bertz CT molecular complexity index is 896. The molecule has 1 atom stereocenters. The molecule has 6 heteroatoms. The van der Waals surface area contributed by atoms with Crippen LogP contribution in [0.1, 0.15) is 31.4 Å². The maximum absolute atomic E-state index is 13.4. The van der Waals surface area contributed by atoms with Gasteiger partial charge in [0.1, 0.15) is 5.75 Å². The monoisotopic (exact) mass is 417 g/mol. The molecule has 0 saturated carbocycles. The highest BCUT2D eigenvalue weighted by molar-refractivity contribution is 7.92. The Morgan fingerprint density at radius 2 is 1.76 bits per heavy atom. The lowest BCUT2D eigenvalue weighted by molar-refractivity contribution is 0.167. The number of nitrogens with zero attached hydrogens (tertiary/aromatic N) is 1. The van der Waals surface area contributed by atoms with E-state index in [4.69, 9.17) is 9.47 Å². The minimum absolute atomic E-state index is 0.196. The Labute approximate surface area is 174 Å². The fraction of sp³-hybridized carbons (Fsp3) is 0.478. The van der Waals surface area contributed by atoms with Crippen molar-refractivity contribution in [3.05, 3.63) is 53.6 Å². The topological polar surface area (TPSA) is 55.8 Å². The Kier molecular flexibility index (Phi) is 6.85. The summed E-state index contributed by atoms with van der Waals surface area (Å²) < 4.78 is 39.6. The molecule has 0 spiro atoms. The molecule has 5 nitrogen and oxygen atoms in total. The average Bonchev–Trinajstić information content (AvgIpc) is 3.17. The first-order chi connectivity index (χ1) is 13.8. The van der Waals surface area contributed by atoms with Crippen LogP contribution in [0.2, 0.25) is 0 Å². The van der Waals surface area contributed by atoms with Crippen LogP contribution in [-0.4, -0.2) is 34.8 Å². The van der Waals surface area contributed by atoms with E-state index in [2.05, 4.69) is 0 Å². The number of hydrogen-bond donors (Lipinski definition) is 0. The van der Waals surface area contributed by atoms with Crippen molar-refractivity contribution in [3.63, 3.8) is 0 Å². The van der Waals surface area contributed by atoms with Gasteiger partial charge in [0.05, 0.1) is 23.8 Å². The van der Waals surface area contributed by atoms with Gasteiger partial charge in [0.15, 0.2) is 0 Å². The second-order valence-corrected chi connectivity index (χ2v) is 10.2. The normalized spacial score (nSPS) is 16.9. The van der Waals surface area contributed by atoms with E-state index in [1.54, 1.807) is 24.3 Å². The van der Waals surface area contributed by atoms with E-state index in [9.17, 15) is 8.42 Å². The van der Waals surface area contributed by atoms with Gasteiger partial charge in [-0.25, -0.2) is 8.42 Å². The van der Waals surface area contributed by atoms with Crippen LogP contribution >= 0.6 is 0 Å². The maximum Gasteiger partial charge on any atom is 0.264 e. The molecule has 29 heavy (non-hydrogen) atoms. The van der Waals surface area contributed by atoms with Crippen LogP contribution in [-0.2, 0) is 14.8 Å². The molecule has 1 unspecified atom stereocenters. The molecule has 0 aliphatic carbocycles. The minimum atomic E-state index is -3.67. The highest BCUT2D eigenvalue weighted by Gasteiger charge is 2.26. The SMILES string of the molecule is Cc1cc(C)cc(N(CC(C)C)S(=O)(=O)c2ccc(OCC3CCOC3)cc2)c1. The van der Waals surface area contributed by atoms with Crippen LogP contribution in [0.25, 0.3) is 0 Å². The van der Waals surface area contributed by atoms with Gasteiger partial charge in [0, 0.05) is 19.1 Å². The van der Waals surface area contributed by atoms with E-state index in [-0.39, 0.29) is 10.8 Å². The lowest BCUT2D eigenvalue weighted by Crippen LogP contribution is -2.34. The summed E-state index contributed by atoms with van der Waals surface area (Å²) in [5.41, 5.74) is 2.80. The fourth-order valence-electron chi connectivity index (χ4n) is 3.53. The molecule has 1 aliphatic rings. The van der Waals surface area contributed by atoms with Gasteiger partial charge in [-0.1, -0.05) is 19.9 Å². The fourth-order valence-corrected chi connectivity index (χ4v) is 5.14. The smallest absolute Gasteiger partial charge is 0.264 e. The number of hydrogen-bond acceptors (Lipinski definition) is 4. The first-order valence-electron chi connectivity index (χ1n) is 10.2. The van der Waals surface area contributed by atoms with Crippen molar-refractivity contribution in [3.8, 4) is 5.75 Å². The molecule has 0 bridgehead atoms. The Morgan fingerprint density at radius 3 is 2.31 bits per heavy atom. The molecule has 3 rings (SSSR count). The number of sulfonamides is 1. The molecular weight excluding hydrogens is 386 g/mol. The van der Waals surface area contributed by atoms with Crippen LogP contribution in [0, 0.1) is 25.7 Å². The highest BCUT2D eigenvalue weighted by Crippen LogP contribution is 2.28. The van der Waals surface area contributed by atoms with Gasteiger partial charge in [-0.3, -0.25) is 4.31 Å². The van der Waals surface area contributed by atoms with Gasteiger partial charge >= 0.3 is 0 Å². The van der Waals surface area contributed by atoms with Crippen LogP contribution in [0.15, 0.2) is 47.4 Å². The zero-order valence-corrected chi connectivity index (χ0v) is 18.5. The molecule has 2 aromatic carbocycles. The van der Waals surface area contributed by atoms with Gasteiger partial charge in [0.25, 0.3) is 10.0 Å². The summed E-state index contributed by atoms with van der Waals surface area (Å²) in [4.78, 5) is 0.272. The first kappa shape index (κ1) is 21.7. The summed E-state index contributed by atoms with van der Waals surface area (Å²) >= 11 is 0. The molecular formula is C23H31NO4S. The molecule has 1 heterocycles. The van der Waals surface area contributed by atoms with Crippen LogP contribution in [0.4, 0.5) is 5.69 Å². The predicted molar refractivity (Wildman–Crippen MR) is 116 cm³/mol. The molecule has 2 aromatic rings. The summed E-state index contributed by atoms with van der Waals surface area (Å²) in [5, 5.41) is 0. The largest absolute Gasteiger partial charge is 0.493 e. The summed E-state index contributed by atoms with van der Waals surface area (Å²) in [6.07, 6.45) is 1.01. The lowest BCUT2D eigenvalue weighted by Gasteiger charge is -2.27. The Morgan fingerprint density at radius 1 is 1.10 bits per heavy atom. The molecule has 158 valence electrons. The van der Waals surface area contributed by atoms with Crippen molar-refractivity contribution < 1.29 is 17.9 Å². The molecule has 1 fully saturated rings. The zero-order chi connectivity index (χ0) is 21.0. The van der Waals surface area contributed by atoms with Gasteiger partial charge in [-0.15, -0.1) is 0 Å². The van der Waals surface area contributed by atoms with E-state index in [0.29, 0.717) is 30.5 Å². The molecule has 0 radical (unpaired) electrons. The molecule has 0 N–H and O–H groups in total. The number of rotatable bonds is 8. The first-order valence-corrected chi connectivity index (χ1v) is 11.6. The number of anilines is 1. The molecule has 0 amide bonds. The number of benzene rings is 2. The van der Waals surface area contributed by atoms with Crippen LogP contribution in [0.3, 0.4) is 0 Å². The van der Waals surface area contributed by atoms with E-state index < -0.39 is 10.0 Å². The van der Waals surface area contributed by atoms with Crippen molar-refractivity contribution in [1.82, 2.24) is 0 Å². The Hall–Kier alpha value is -2.05. The number of ether oxygens (including phenoxy) is 2. The van der Waals surface area contributed by atoms with Crippen molar-refractivity contribution in [2.24, 2.45) is 11.8 Å². The third-order valence-corrected chi connectivity index (χ3v) is 6.75. The number of aryl methyl sites for hydroxylation is 2. The van der Waals surface area contributed by atoms with Crippen molar-refractivity contribution in [2.75, 3.05) is 30.7 Å². The van der Waals surface area contributed by atoms with Crippen LogP contribution in [0.5, 0.6) is 5.75 Å². The second-order valence-electron chi connectivity index (χ2n) is 8.29. The van der Waals surface area contributed by atoms with Gasteiger partial charge in [-0.2, -0.15) is 0 Å². The minimum Gasteiger partial charge on any atom is -0.493 e. The quantitative estimate of drug-likeness (QED) is 0.631. The third-order valence-electron chi connectivity index (χ3n) is 4.95. The van der Waals surface area contributed by atoms with Crippen LogP contribution < -0.4 is 9.04 Å². The summed E-state index contributed by atoms with van der Waals surface area (Å²) in [7, 11) is -3.67. The maximum atomic E-state index is 13.4. The lowest BCUT2D eigenvalue weighted by atomic mass is 10.1. The van der Waals surface area contributed by atoms with E-state index >= 15 is 0 Å². The molecule has 0 aromatic heterocycles. The summed E-state index contributed by atoms with van der Waals surface area (Å²) in [6, 6.07) is 12.6. The van der Waals surface area contributed by atoms with Crippen molar-refractivity contribution in [2.45, 2.75) is 39.0 Å². The molecule has 1 saturated heterocycles. The van der Waals surface area contributed by atoms with E-state index in [0.717, 1.165) is 30.8 Å². The highest BCUT2D eigenvalue weighted by atomic mass is 32.2. The average molecular weight is 418 g/mol. The van der Waals surface area contributed by atoms with E-state index in [1.165, 1.54) is 4.31 Å². The van der Waals surface area contributed by atoms with Crippen molar-refractivity contribution in [1.29, 1.82) is 0 Å². The zero-order valence-electron chi connectivity index (χ0n) is 17.7. The molecule has 1 aliphatic heterocycles. The van der Waals surface area contributed by atoms with Gasteiger partial charge in [0.2, 0.25) is 0 Å². The third kappa shape index (κ3) is 5.52. The Balaban J connectivity index is 1.83. The van der Waals surface area contributed by atoms with Crippen molar-refractivity contribution >= 4 is 15.7 Å². The summed E-state index contributed by atoms with van der Waals surface area (Å²) in [5.74, 6) is 1.28. The standard InChI is InChI=1S/C23H31NO4S/c1-17(2)14-24(21-12-18(3)11-19(4)13-21)29(25,26)23-7-5-22(6-8-23)28-16-20-9-10-27-15-20/h5-8,11-13,17,20H,9-10,14-16H2,1-4H3. The predicted octanol–water partition coefficient (Wildman–Crippen LogP) is 4.57. The summed E-state index contributed by atoms with van der Waals surface area (Å²) in [6.45, 7) is 10.5. The van der Waals surface area contributed by atoms with E-state index in [1.807, 2.05) is 45.9 Å².